The minimum Gasteiger partial charge on any atom is -0.466 e. The van der Waals surface area contributed by atoms with Gasteiger partial charge in [0.1, 0.15) is 0 Å². The Balaban J connectivity index is 3.37. The van der Waals surface area contributed by atoms with Gasteiger partial charge in [0.2, 0.25) is 5.91 Å². The van der Waals surface area contributed by atoms with Crippen molar-refractivity contribution in [3.63, 3.8) is 0 Å². The van der Waals surface area contributed by atoms with Gasteiger partial charge in [0.05, 0.1) is 25.4 Å². The first-order chi connectivity index (χ1) is 39.5. The van der Waals surface area contributed by atoms with Crippen LogP contribution in [0.4, 0.5) is 0 Å². The quantitative estimate of drug-likeness (QED) is 0.0320. The van der Waals surface area contributed by atoms with Crippen LogP contribution in [0, 0.1) is 0 Å². The van der Waals surface area contributed by atoms with Gasteiger partial charge in [-0.15, -0.1) is 0 Å². The van der Waals surface area contributed by atoms with Crippen molar-refractivity contribution in [3.8, 4) is 0 Å². The predicted molar refractivity (Wildman–Crippen MR) is 352 cm³/mol. The third-order valence-corrected chi connectivity index (χ3v) is 16.6. The molecule has 3 N–H and O–H groups in total. The summed E-state index contributed by atoms with van der Waals surface area (Å²) < 4.78 is 5.51. The lowest BCUT2D eigenvalue weighted by atomic mass is 10.0. The van der Waals surface area contributed by atoms with Crippen molar-refractivity contribution in [2.24, 2.45) is 0 Å². The van der Waals surface area contributed by atoms with Crippen LogP contribution in [0.1, 0.15) is 386 Å². The molecule has 2 unspecified atom stereocenters. The van der Waals surface area contributed by atoms with E-state index in [-0.39, 0.29) is 18.5 Å². The standard InChI is InChI=1S/C74H139NO5/c1-3-5-7-9-11-13-15-17-19-20-33-37-40-44-48-52-56-60-64-68-74(79)80-69-65-61-57-53-49-45-41-38-35-32-30-28-26-24-22-21-23-25-27-29-31-34-36-39-43-47-51-55-59-63-67-73(78)75-71(70-76)72(77)66-62-58-54-50-46-42-18-16-14-12-10-8-6-4-2/h11,13,17,19,22,24,62,66,71-72,76-77H,3-10,12,14-16,18,20-21,23,25-61,63-65,67-70H2,1-2H3,(H,75,78)/b13-11-,19-17-,24-22-,66-62+. The number of nitrogens with one attached hydrogen (secondary N) is 1. The minimum absolute atomic E-state index is 0.0132. The fourth-order valence-corrected chi connectivity index (χ4v) is 11.1. The molecule has 0 heterocycles. The van der Waals surface area contributed by atoms with E-state index < -0.39 is 12.1 Å². The lowest BCUT2D eigenvalue weighted by Crippen LogP contribution is -2.45. The SMILES string of the molecule is CCCCC/C=C\C/C=C\CCCCCCCCCCCC(=O)OCCCCCCCCCCCCCC/C=C\CCCCCCCCCCCCCCCCC(=O)NC(CO)C(O)/C=C/CCCCCCCCCCCCCC. The molecule has 0 saturated heterocycles. The van der Waals surface area contributed by atoms with Gasteiger partial charge < -0.3 is 20.3 Å². The molecule has 6 nitrogen and oxygen atoms in total. The molecule has 0 fully saturated rings. The maximum absolute atomic E-state index is 12.5. The monoisotopic (exact) mass is 1120 g/mol. The molecule has 0 aliphatic heterocycles. The lowest BCUT2D eigenvalue weighted by molar-refractivity contribution is -0.143. The zero-order valence-electron chi connectivity index (χ0n) is 53.8. The fourth-order valence-electron chi connectivity index (χ4n) is 11.1. The van der Waals surface area contributed by atoms with Crippen molar-refractivity contribution >= 4 is 11.9 Å². The van der Waals surface area contributed by atoms with Crippen molar-refractivity contribution < 1.29 is 24.5 Å². The van der Waals surface area contributed by atoms with Crippen molar-refractivity contribution in [2.75, 3.05) is 13.2 Å². The summed E-state index contributed by atoms with van der Waals surface area (Å²) in [6, 6.07) is -0.627. The van der Waals surface area contributed by atoms with Gasteiger partial charge in [-0.1, -0.05) is 332 Å². The van der Waals surface area contributed by atoms with Gasteiger partial charge in [-0.3, -0.25) is 9.59 Å². The van der Waals surface area contributed by atoms with E-state index in [4.69, 9.17) is 4.74 Å². The largest absolute Gasteiger partial charge is 0.466 e. The highest BCUT2D eigenvalue weighted by atomic mass is 16.5. The van der Waals surface area contributed by atoms with E-state index >= 15 is 0 Å². The van der Waals surface area contributed by atoms with Gasteiger partial charge in [-0.05, 0) is 89.9 Å². The summed E-state index contributed by atoms with van der Waals surface area (Å²) in [7, 11) is 0. The molecule has 1 amide bonds. The molecule has 0 bridgehead atoms. The molecular weight excluding hydrogens is 983 g/mol. The average molecular weight is 1120 g/mol. The van der Waals surface area contributed by atoms with Crippen LogP contribution in [0.15, 0.2) is 48.6 Å². The number of amides is 1. The number of hydrogen-bond acceptors (Lipinski definition) is 5. The van der Waals surface area contributed by atoms with Crippen molar-refractivity contribution in [1.29, 1.82) is 0 Å². The number of aliphatic hydroxyl groups is 2. The molecule has 0 aromatic rings. The molecule has 470 valence electrons. The Labute approximate surface area is 499 Å². The number of ether oxygens (including phenoxy) is 1. The van der Waals surface area contributed by atoms with E-state index in [1.807, 2.05) is 6.08 Å². The summed E-state index contributed by atoms with van der Waals surface area (Å²) in [5.41, 5.74) is 0. The zero-order valence-corrected chi connectivity index (χ0v) is 53.8. The van der Waals surface area contributed by atoms with E-state index in [9.17, 15) is 19.8 Å². The highest BCUT2D eigenvalue weighted by molar-refractivity contribution is 5.76. The van der Waals surface area contributed by atoms with Crippen LogP contribution >= 0.6 is 0 Å². The Hall–Kier alpha value is -2.18. The molecule has 80 heavy (non-hydrogen) atoms. The normalized spacial score (nSPS) is 12.8. The first kappa shape index (κ1) is 77.8. The second-order valence-corrected chi connectivity index (χ2v) is 24.6. The number of carbonyl (C=O) groups excluding carboxylic acids is 2. The van der Waals surface area contributed by atoms with Crippen molar-refractivity contribution in [3.05, 3.63) is 48.6 Å². The molecule has 0 aliphatic rings. The van der Waals surface area contributed by atoms with E-state index in [1.54, 1.807) is 6.08 Å². The van der Waals surface area contributed by atoms with Crippen molar-refractivity contribution in [2.45, 2.75) is 398 Å². The van der Waals surface area contributed by atoms with Crippen LogP contribution in [0.3, 0.4) is 0 Å². The number of rotatable bonds is 67. The summed E-state index contributed by atoms with van der Waals surface area (Å²) >= 11 is 0. The number of allylic oxidation sites excluding steroid dienone is 7. The number of unbranched alkanes of at least 4 members (excludes halogenated alkanes) is 50. The number of esters is 1. The number of aliphatic hydroxyl groups excluding tert-OH is 2. The van der Waals surface area contributed by atoms with Crippen LogP contribution < -0.4 is 5.32 Å². The summed E-state index contributed by atoms with van der Waals surface area (Å²) in [5, 5.41) is 23.1. The van der Waals surface area contributed by atoms with E-state index in [2.05, 4.69) is 55.6 Å². The van der Waals surface area contributed by atoms with Gasteiger partial charge in [0, 0.05) is 12.8 Å². The topological polar surface area (TPSA) is 95.9 Å². The van der Waals surface area contributed by atoms with Crippen LogP contribution in [0.2, 0.25) is 0 Å². The van der Waals surface area contributed by atoms with E-state index in [0.717, 1.165) is 51.4 Å². The molecule has 0 radical (unpaired) electrons. The zero-order chi connectivity index (χ0) is 57.8. The maximum atomic E-state index is 12.5. The molecule has 0 aromatic heterocycles. The first-order valence-corrected chi connectivity index (χ1v) is 35.9. The average Bonchev–Trinajstić information content (AvgIpc) is 3.46. The molecule has 0 saturated carbocycles. The van der Waals surface area contributed by atoms with Crippen LogP contribution in [-0.4, -0.2) is 47.4 Å². The minimum atomic E-state index is -0.843. The number of carbonyl (C=O) groups is 2. The lowest BCUT2D eigenvalue weighted by Gasteiger charge is -2.20. The molecular formula is C74H139NO5. The molecule has 2 atom stereocenters. The van der Waals surface area contributed by atoms with Gasteiger partial charge in [0.15, 0.2) is 0 Å². The Morgan fingerprint density at radius 3 is 0.988 bits per heavy atom. The Bertz CT molecular complexity index is 1340. The highest BCUT2D eigenvalue weighted by Crippen LogP contribution is 2.18. The molecule has 0 aliphatic carbocycles. The fraction of sp³-hybridized carbons (Fsp3) is 0.865. The highest BCUT2D eigenvalue weighted by Gasteiger charge is 2.18. The van der Waals surface area contributed by atoms with E-state index in [1.165, 1.54) is 308 Å². The second kappa shape index (κ2) is 69.3. The van der Waals surface area contributed by atoms with Gasteiger partial charge in [-0.2, -0.15) is 0 Å². The van der Waals surface area contributed by atoms with Crippen LogP contribution in [0.25, 0.3) is 0 Å². The summed E-state index contributed by atoms with van der Waals surface area (Å²) in [6.45, 7) is 4.90. The summed E-state index contributed by atoms with van der Waals surface area (Å²) in [5.74, 6) is -0.0520. The second-order valence-electron chi connectivity index (χ2n) is 24.6. The molecule has 6 heteroatoms. The molecule has 0 rings (SSSR count). The van der Waals surface area contributed by atoms with Crippen molar-refractivity contribution in [1.82, 2.24) is 5.32 Å². The predicted octanol–water partition coefficient (Wildman–Crippen LogP) is 23.3. The Kier molecular flexibility index (Phi) is 67.4. The summed E-state index contributed by atoms with van der Waals surface area (Å²) in [4.78, 5) is 24.6. The van der Waals surface area contributed by atoms with Gasteiger partial charge in [-0.25, -0.2) is 0 Å². The van der Waals surface area contributed by atoms with Crippen LogP contribution in [-0.2, 0) is 14.3 Å². The Morgan fingerprint density at radius 2 is 0.625 bits per heavy atom. The van der Waals surface area contributed by atoms with Gasteiger partial charge in [0.25, 0.3) is 0 Å². The smallest absolute Gasteiger partial charge is 0.305 e. The molecule has 0 spiro atoms. The molecule has 0 aromatic carbocycles. The van der Waals surface area contributed by atoms with Crippen LogP contribution in [0.5, 0.6) is 0 Å². The van der Waals surface area contributed by atoms with Gasteiger partial charge >= 0.3 is 5.97 Å². The third kappa shape index (κ3) is 65.0. The maximum Gasteiger partial charge on any atom is 0.305 e. The number of hydrogen-bond donors (Lipinski definition) is 3. The Morgan fingerprint density at radius 1 is 0.350 bits per heavy atom. The third-order valence-electron chi connectivity index (χ3n) is 16.6. The summed E-state index contributed by atoms with van der Waals surface area (Å²) in [6.07, 6.45) is 90.5. The van der Waals surface area contributed by atoms with E-state index in [0.29, 0.717) is 19.4 Å². The first-order valence-electron chi connectivity index (χ1n) is 35.9.